The summed E-state index contributed by atoms with van der Waals surface area (Å²) < 4.78 is 0. The van der Waals surface area contributed by atoms with Gasteiger partial charge in [0, 0.05) is 0 Å². The van der Waals surface area contributed by atoms with E-state index in [1.165, 1.54) is 11.8 Å². The number of para-hydroxylation sites is 2. The first-order chi connectivity index (χ1) is 7.70. The number of aryl methyl sites for hydroxylation is 1. The van der Waals surface area contributed by atoms with Crippen LogP contribution in [-0.2, 0) is 0 Å². The fraction of sp³-hybridized carbons (Fsp3) is 0.250. The van der Waals surface area contributed by atoms with Crippen LogP contribution in [0.5, 0.6) is 0 Å². The van der Waals surface area contributed by atoms with Gasteiger partial charge in [0.2, 0.25) is 0 Å². The number of nitrogens with zero attached hydrogens (tertiary/aromatic N) is 3. The first-order valence-corrected chi connectivity index (χ1v) is 5.88. The Hall–Kier alpha value is -1.60. The van der Waals surface area contributed by atoms with Gasteiger partial charge in [-0.2, -0.15) is 5.26 Å². The number of rotatable bonds is 2. The van der Waals surface area contributed by atoms with Crippen molar-refractivity contribution in [2.24, 2.45) is 0 Å². The smallest absolute Gasteiger partial charge is 0.119 e. The molecule has 0 aliphatic heterocycles. The summed E-state index contributed by atoms with van der Waals surface area (Å²) in [4.78, 5) is 8.98. The fourth-order valence-electron chi connectivity index (χ4n) is 1.38. The Kier molecular flexibility index (Phi) is 3.07. The second kappa shape index (κ2) is 4.50. The van der Waals surface area contributed by atoms with Gasteiger partial charge in [0.05, 0.1) is 28.0 Å². The van der Waals surface area contributed by atoms with Crippen LogP contribution >= 0.6 is 11.8 Å². The third-order valence-corrected chi connectivity index (χ3v) is 3.24. The third-order valence-electron chi connectivity index (χ3n) is 2.17. The van der Waals surface area contributed by atoms with Crippen LogP contribution in [-0.4, -0.2) is 15.2 Å². The molecule has 1 heterocycles. The lowest BCUT2D eigenvalue weighted by atomic mass is 10.3. The Balaban J connectivity index is 2.47. The predicted molar refractivity (Wildman–Crippen MR) is 65.2 cm³/mol. The van der Waals surface area contributed by atoms with Gasteiger partial charge in [-0.1, -0.05) is 23.9 Å². The molecule has 2 rings (SSSR count). The lowest BCUT2D eigenvalue weighted by Crippen LogP contribution is -1.97. The molecule has 0 fully saturated rings. The maximum atomic E-state index is 8.78. The van der Waals surface area contributed by atoms with E-state index in [0.717, 1.165) is 21.8 Å². The van der Waals surface area contributed by atoms with Crippen molar-refractivity contribution in [1.82, 2.24) is 9.97 Å². The van der Waals surface area contributed by atoms with E-state index in [0.29, 0.717) is 0 Å². The van der Waals surface area contributed by atoms with Gasteiger partial charge in [-0.15, -0.1) is 0 Å². The van der Waals surface area contributed by atoms with Gasteiger partial charge in [-0.3, -0.25) is 0 Å². The molecule has 0 N–H and O–H groups in total. The molecular weight excluding hydrogens is 218 g/mol. The molecule has 0 saturated carbocycles. The Morgan fingerprint density at radius 1 is 1.25 bits per heavy atom. The second-order valence-electron chi connectivity index (χ2n) is 3.49. The van der Waals surface area contributed by atoms with Gasteiger partial charge in [0.1, 0.15) is 5.03 Å². The van der Waals surface area contributed by atoms with Crippen LogP contribution in [0.3, 0.4) is 0 Å². The topological polar surface area (TPSA) is 49.6 Å². The van der Waals surface area contributed by atoms with Gasteiger partial charge in [0.15, 0.2) is 0 Å². The van der Waals surface area contributed by atoms with Gasteiger partial charge < -0.3 is 0 Å². The van der Waals surface area contributed by atoms with Crippen LogP contribution in [0, 0.1) is 18.3 Å². The molecule has 1 atom stereocenters. The van der Waals surface area contributed by atoms with E-state index >= 15 is 0 Å². The van der Waals surface area contributed by atoms with Gasteiger partial charge in [-0.05, 0) is 26.0 Å². The maximum absolute atomic E-state index is 8.78. The summed E-state index contributed by atoms with van der Waals surface area (Å²) in [6, 6.07) is 9.94. The average Bonchev–Trinajstić information content (AvgIpc) is 2.30. The summed E-state index contributed by atoms with van der Waals surface area (Å²) in [6.45, 7) is 3.78. The number of fused-ring (bicyclic) bond motifs is 1. The van der Waals surface area contributed by atoms with Gasteiger partial charge in [0.25, 0.3) is 0 Å². The molecule has 1 unspecified atom stereocenters. The average molecular weight is 229 g/mol. The highest BCUT2D eigenvalue weighted by molar-refractivity contribution is 8.00. The van der Waals surface area contributed by atoms with Crippen LogP contribution < -0.4 is 0 Å². The zero-order valence-corrected chi connectivity index (χ0v) is 9.95. The molecule has 3 nitrogen and oxygen atoms in total. The van der Waals surface area contributed by atoms with Crippen molar-refractivity contribution in [3.8, 4) is 6.07 Å². The van der Waals surface area contributed by atoms with E-state index < -0.39 is 0 Å². The van der Waals surface area contributed by atoms with E-state index in [4.69, 9.17) is 5.26 Å². The molecule has 1 aromatic carbocycles. The Labute approximate surface area is 98.5 Å². The summed E-state index contributed by atoms with van der Waals surface area (Å²) >= 11 is 1.45. The zero-order valence-electron chi connectivity index (χ0n) is 9.14. The number of hydrogen-bond acceptors (Lipinski definition) is 4. The van der Waals surface area contributed by atoms with Crippen molar-refractivity contribution in [2.45, 2.75) is 24.1 Å². The van der Waals surface area contributed by atoms with Crippen molar-refractivity contribution in [2.75, 3.05) is 0 Å². The van der Waals surface area contributed by atoms with Crippen molar-refractivity contribution in [3.05, 3.63) is 30.0 Å². The highest BCUT2D eigenvalue weighted by Crippen LogP contribution is 2.25. The van der Waals surface area contributed by atoms with Crippen molar-refractivity contribution >= 4 is 22.8 Å². The summed E-state index contributed by atoms with van der Waals surface area (Å²) in [5, 5.41) is 9.52. The summed E-state index contributed by atoms with van der Waals surface area (Å²) in [5.41, 5.74) is 2.65. The van der Waals surface area contributed by atoms with Crippen molar-refractivity contribution in [3.63, 3.8) is 0 Å². The van der Waals surface area contributed by atoms with Crippen LogP contribution in [0.15, 0.2) is 29.3 Å². The number of aromatic nitrogens is 2. The molecule has 0 saturated heterocycles. The monoisotopic (exact) mass is 229 g/mol. The highest BCUT2D eigenvalue weighted by atomic mass is 32.2. The third kappa shape index (κ3) is 2.15. The molecular formula is C12H11N3S. The number of hydrogen-bond donors (Lipinski definition) is 0. The SMILES string of the molecule is Cc1nc2ccccc2nc1SC(C)C#N. The van der Waals surface area contributed by atoms with Crippen molar-refractivity contribution in [1.29, 1.82) is 5.26 Å². The van der Waals surface area contributed by atoms with Crippen molar-refractivity contribution < 1.29 is 0 Å². The molecule has 0 aliphatic carbocycles. The van der Waals surface area contributed by atoms with E-state index in [2.05, 4.69) is 16.0 Å². The molecule has 0 aliphatic rings. The second-order valence-corrected chi connectivity index (χ2v) is 4.82. The molecule has 0 radical (unpaired) electrons. The summed E-state index contributed by atoms with van der Waals surface area (Å²) in [6.07, 6.45) is 0. The quantitative estimate of drug-likeness (QED) is 0.743. The molecule has 0 spiro atoms. The molecule has 80 valence electrons. The molecule has 0 bridgehead atoms. The minimum absolute atomic E-state index is 0.103. The molecule has 2 aromatic rings. The lowest BCUT2D eigenvalue weighted by Gasteiger charge is -2.06. The molecule has 4 heteroatoms. The highest BCUT2D eigenvalue weighted by Gasteiger charge is 2.09. The Bertz CT molecular complexity index is 560. The summed E-state index contributed by atoms with van der Waals surface area (Å²) in [7, 11) is 0. The number of thioether (sulfide) groups is 1. The number of benzene rings is 1. The Morgan fingerprint density at radius 3 is 2.50 bits per heavy atom. The molecule has 16 heavy (non-hydrogen) atoms. The minimum Gasteiger partial charge on any atom is -0.249 e. The minimum atomic E-state index is -0.103. The van der Waals surface area contributed by atoms with E-state index in [9.17, 15) is 0 Å². The maximum Gasteiger partial charge on any atom is 0.119 e. The van der Waals surface area contributed by atoms with Crippen LogP contribution in [0.1, 0.15) is 12.6 Å². The van der Waals surface area contributed by atoms with Crippen LogP contribution in [0.2, 0.25) is 0 Å². The largest absolute Gasteiger partial charge is 0.249 e. The first kappa shape index (κ1) is 10.9. The predicted octanol–water partition coefficient (Wildman–Crippen LogP) is 2.94. The van der Waals surface area contributed by atoms with E-state index in [-0.39, 0.29) is 5.25 Å². The van der Waals surface area contributed by atoms with Gasteiger partial charge in [-0.25, -0.2) is 9.97 Å². The standard InChI is InChI=1S/C12H11N3S/c1-8(7-13)16-12-9(2)14-10-5-3-4-6-11(10)15-12/h3-6,8H,1-2H3. The first-order valence-electron chi connectivity index (χ1n) is 5.00. The van der Waals surface area contributed by atoms with E-state index in [1.807, 2.05) is 38.1 Å². The zero-order chi connectivity index (χ0) is 11.5. The van der Waals surface area contributed by atoms with Crippen LogP contribution in [0.25, 0.3) is 11.0 Å². The lowest BCUT2D eigenvalue weighted by molar-refractivity contribution is 1.03. The van der Waals surface area contributed by atoms with Gasteiger partial charge >= 0.3 is 0 Å². The van der Waals surface area contributed by atoms with Crippen LogP contribution in [0.4, 0.5) is 0 Å². The number of nitriles is 1. The Morgan fingerprint density at radius 2 is 1.88 bits per heavy atom. The summed E-state index contributed by atoms with van der Waals surface area (Å²) in [5.74, 6) is 0. The normalized spacial score (nSPS) is 12.3. The molecule has 1 aromatic heterocycles. The van der Waals surface area contributed by atoms with E-state index in [1.54, 1.807) is 0 Å². The fourth-order valence-corrected chi connectivity index (χ4v) is 2.13. The molecule has 0 amide bonds.